The lowest BCUT2D eigenvalue weighted by atomic mass is 10.1. The summed E-state index contributed by atoms with van der Waals surface area (Å²) < 4.78 is 0. The number of aryl methyl sites for hydroxylation is 1. The van der Waals surface area contributed by atoms with Crippen LogP contribution in [0.25, 0.3) is 0 Å². The molecule has 1 amide bonds. The molecule has 0 aliphatic heterocycles. The minimum Gasteiger partial charge on any atom is -0.326 e. The fourth-order valence-electron chi connectivity index (χ4n) is 1.58. The van der Waals surface area contributed by atoms with Gasteiger partial charge in [-0.3, -0.25) is 4.79 Å². The van der Waals surface area contributed by atoms with Gasteiger partial charge in [0.1, 0.15) is 0 Å². The number of anilines is 1. The van der Waals surface area contributed by atoms with E-state index >= 15 is 0 Å². The Bertz CT molecular complexity index is 316. The minimum absolute atomic E-state index is 0.0683. The van der Waals surface area contributed by atoms with Gasteiger partial charge in [-0.15, -0.1) is 0 Å². The summed E-state index contributed by atoms with van der Waals surface area (Å²) in [6, 6.07) is 8.16. The molecule has 16 heavy (non-hydrogen) atoms. The number of benzene rings is 1. The first-order valence-electron chi connectivity index (χ1n) is 6.15. The van der Waals surface area contributed by atoms with Crippen molar-refractivity contribution in [3.05, 3.63) is 29.8 Å². The Balaban J connectivity index is 2.44. The molecule has 0 atom stereocenters. The summed E-state index contributed by atoms with van der Waals surface area (Å²) >= 11 is 0. The molecule has 0 bridgehead atoms. The van der Waals surface area contributed by atoms with Crippen molar-refractivity contribution < 1.29 is 4.79 Å². The van der Waals surface area contributed by atoms with Crippen LogP contribution in [0, 0.1) is 0 Å². The average molecular weight is 219 g/mol. The van der Waals surface area contributed by atoms with E-state index in [1.54, 1.807) is 0 Å². The molecular weight excluding hydrogens is 198 g/mol. The van der Waals surface area contributed by atoms with Gasteiger partial charge < -0.3 is 5.32 Å². The summed E-state index contributed by atoms with van der Waals surface area (Å²) in [5.41, 5.74) is 2.24. The number of unbranched alkanes of at least 4 members (excludes halogenated alkanes) is 2. The van der Waals surface area contributed by atoms with Crippen LogP contribution in [-0.4, -0.2) is 5.91 Å². The molecule has 0 saturated carbocycles. The first-order valence-corrected chi connectivity index (χ1v) is 6.15. The summed E-state index contributed by atoms with van der Waals surface area (Å²) in [6.45, 7) is 4.07. The van der Waals surface area contributed by atoms with Gasteiger partial charge in [0.25, 0.3) is 0 Å². The highest BCUT2D eigenvalue weighted by atomic mass is 16.1. The van der Waals surface area contributed by atoms with Crippen molar-refractivity contribution in [1.29, 1.82) is 0 Å². The number of rotatable bonds is 6. The quantitative estimate of drug-likeness (QED) is 0.725. The van der Waals surface area contributed by atoms with Crippen LogP contribution >= 0.6 is 0 Å². The molecule has 0 aromatic heterocycles. The minimum atomic E-state index is 0.0683. The number of carbonyl (C=O) groups is 1. The number of nitrogens with one attached hydrogen (secondary N) is 1. The number of hydrogen-bond donors (Lipinski definition) is 1. The predicted octanol–water partition coefficient (Wildman–Crippen LogP) is 3.77. The second-order valence-electron chi connectivity index (χ2n) is 4.06. The van der Waals surface area contributed by atoms with Crippen molar-refractivity contribution in [2.75, 3.05) is 5.32 Å². The second kappa shape index (κ2) is 7.04. The third-order valence-corrected chi connectivity index (χ3v) is 2.63. The zero-order valence-corrected chi connectivity index (χ0v) is 10.3. The third kappa shape index (κ3) is 4.47. The van der Waals surface area contributed by atoms with Crippen LogP contribution < -0.4 is 5.32 Å². The molecule has 88 valence electrons. The Kier molecular flexibility index (Phi) is 5.62. The van der Waals surface area contributed by atoms with E-state index in [1.807, 2.05) is 19.1 Å². The van der Waals surface area contributed by atoms with Crippen molar-refractivity contribution in [1.82, 2.24) is 0 Å². The lowest BCUT2D eigenvalue weighted by molar-refractivity contribution is -0.115. The maximum absolute atomic E-state index is 11.2. The lowest BCUT2D eigenvalue weighted by Gasteiger charge is -2.05. The predicted molar refractivity (Wildman–Crippen MR) is 68.6 cm³/mol. The molecule has 2 heteroatoms. The van der Waals surface area contributed by atoms with Crippen molar-refractivity contribution in [3.63, 3.8) is 0 Å². The van der Waals surface area contributed by atoms with Crippen LogP contribution in [0.2, 0.25) is 0 Å². The van der Waals surface area contributed by atoms with Gasteiger partial charge in [-0.25, -0.2) is 0 Å². The Morgan fingerprint density at radius 3 is 2.38 bits per heavy atom. The number of amides is 1. The molecule has 0 fully saturated rings. The SMILES string of the molecule is CCCCCc1ccc(NC(=O)CC)cc1. The molecule has 0 aliphatic carbocycles. The largest absolute Gasteiger partial charge is 0.326 e. The standard InChI is InChI=1S/C14H21NO/c1-3-5-6-7-12-8-10-13(11-9-12)15-14(16)4-2/h8-11H,3-7H2,1-2H3,(H,15,16). The smallest absolute Gasteiger partial charge is 0.224 e. The van der Waals surface area contributed by atoms with Gasteiger partial charge >= 0.3 is 0 Å². The van der Waals surface area contributed by atoms with Gasteiger partial charge in [0.05, 0.1) is 0 Å². The highest BCUT2D eigenvalue weighted by Crippen LogP contribution is 2.12. The fourth-order valence-corrected chi connectivity index (χ4v) is 1.58. The molecular formula is C14H21NO. The van der Waals surface area contributed by atoms with Gasteiger partial charge in [-0.05, 0) is 30.5 Å². The molecule has 0 heterocycles. The molecule has 0 radical (unpaired) electrons. The maximum atomic E-state index is 11.2. The Morgan fingerprint density at radius 2 is 1.81 bits per heavy atom. The highest BCUT2D eigenvalue weighted by Gasteiger charge is 1.98. The van der Waals surface area contributed by atoms with E-state index < -0.39 is 0 Å². The molecule has 1 rings (SSSR count). The normalized spacial score (nSPS) is 10.1. The van der Waals surface area contributed by atoms with E-state index in [4.69, 9.17) is 0 Å². The number of hydrogen-bond acceptors (Lipinski definition) is 1. The Hall–Kier alpha value is -1.31. The zero-order valence-electron chi connectivity index (χ0n) is 10.3. The molecule has 2 nitrogen and oxygen atoms in total. The fraction of sp³-hybridized carbons (Fsp3) is 0.500. The van der Waals surface area contributed by atoms with E-state index in [9.17, 15) is 4.79 Å². The van der Waals surface area contributed by atoms with Crippen LogP contribution in [0.1, 0.15) is 45.1 Å². The van der Waals surface area contributed by atoms with Crippen LogP contribution in [0.15, 0.2) is 24.3 Å². The first kappa shape index (κ1) is 12.8. The monoisotopic (exact) mass is 219 g/mol. The molecule has 1 aromatic rings. The summed E-state index contributed by atoms with van der Waals surface area (Å²) in [4.78, 5) is 11.2. The van der Waals surface area contributed by atoms with Crippen LogP contribution in [0.4, 0.5) is 5.69 Å². The van der Waals surface area contributed by atoms with E-state index in [-0.39, 0.29) is 5.91 Å². The average Bonchev–Trinajstić information content (AvgIpc) is 2.31. The van der Waals surface area contributed by atoms with Gasteiger partial charge in [0.2, 0.25) is 5.91 Å². The van der Waals surface area contributed by atoms with Gasteiger partial charge in [0, 0.05) is 12.1 Å². The summed E-state index contributed by atoms with van der Waals surface area (Å²) in [5.74, 6) is 0.0683. The Morgan fingerprint density at radius 1 is 1.12 bits per heavy atom. The second-order valence-corrected chi connectivity index (χ2v) is 4.06. The topological polar surface area (TPSA) is 29.1 Å². The molecule has 1 N–H and O–H groups in total. The summed E-state index contributed by atoms with van der Waals surface area (Å²) in [5, 5.41) is 2.85. The summed E-state index contributed by atoms with van der Waals surface area (Å²) in [6.07, 6.45) is 5.45. The van der Waals surface area contributed by atoms with Crippen LogP contribution in [0.3, 0.4) is 0 Å². The highest BCUT2D eigenvalue weighted by molar-refractivity contribution is 5.90. The van der Waals surface area contributed by atoms with Gasteiger partial charge in [-0.1, -0.05) is 38.8 Å². The molecule has 1 aromatic carbocycles. The molecule has 0 saturated heterocycles. The molecule has 0 spiro atoms. The van der Waals surface area contributed by atoms with Crippen molar-refractivity contribution in [3.8, 4) is 0 Å². The summed E-state index contributed by atoms with van der Waals surface area (Å²) in [7, 11) is 0. The van der Waals surface area contributed by atoms with Crippen molar-refractivity contribution in [2.24, 2.45) is 0 Å². The molecule has 0 unspecified atom stereocenters. The van der Waals surface area contributed by atoms with E-state index in [0.29, 0.717) is 6.42 Å². The Labute approximate surface area is 98.1 Å². The molecule has 0 aliphatic rings. The van der Waals surface area contributed by atoms with Crippen molar-refractivity contribution in [2.45, 2.75) is 46.0 Å². The maximum Gasteiger partial charge on any atom is 0.224 e. The third-order valence-electron chi connectivity index (χ3n) is 2.63. The van der Waals surface area contributed by atoms with Gasteiger partial charge in [0.15, 0.2) is 0 Å². The van der Waals surface area contributed by atoms with E-state index in [0.717, 1.165) is 12.1 Å². The van der Waals surface area contributed by atoms with E-state index in [2.05, 4.69) is 24.4 Å². The van der Waals surface area contributed by atoms with Crippen LogP contribution in [0.5, 0.6) is 0 Å². The zero-order chi connectivity index (χ0) is 11.8. The van der Waals surface area contributed by atoms with Crippen LogP contribution in [-0.2, 0) is 11.2 Å². The first-order chi connectivity index (χ1) is 7.76. The van der Waals surface area contributed by atoms with Crippen molar-refractivity contribution >= 4 is 11.6 Å². The van der Waals surface area contributed by atoms with E-state index in [1.165, 1.54) is 24.8 Å². The number of carbonyl (C=O) groups excluding carboxylic acids is 1. The van der Waals surface area contributed by atoms with Gasteiger partial charge in [-0.2, -0.15) is 0 Å². The lowest BCUT2D eigenvalue weighted by Crippen LogP contribution is -2.09.